The molecule has 1 aromatic rings. The first-order valence-corrected chi connectivity index (χ1v) is 8.36. The highest BCUT2D eigenvalue weighted by molar-refractivity contribution is 5.96. The minimum Gasteiger partial charge on any atom is -0.454 e. The maximum absolute atomic E-state index is 12.1. The van der Waals surface area contributed by atoms with Gasteiger partial charge >= 0.3 is 5.97 Å². The highest BCUT2D eigenvalue weighted by Crippen LogP contribution is 2.16. The Bertz CT molecular complexity index is 705. The maximum Gasteiger partial charge on any atom is 0.325 e. The highest BCUT2D eigenvalue weighted by Gasteiger charge is 2.24. The molecule has 1 heterocycles. The smallest absolute Gasteiger partial charge is 0.325 e. The van der Waals surface area contributed by atoms with Gasteiger partial charge in [-0.05, 0) is 32.3 Å². The number of amides is 2. The topological polar surface area (TPSA) is 119 Å². The summed E-state index contributed by atoms with van der Waals surface area (Å²) >= 11 is 0. The predicted octanol–water partition coefficient (Wildman–Crippen LogP) is 1.27. The van der Waals surface area contributed by atoms with Crippen LogP contribution in [0.4, 0.5) is 5.69 Å². The molecule has 1 saturated heterocycles. The van der Waals surface area contributed by atoms with E-state index < -0.39 is 23.3 Å². The van der Waals surface area contributed by atoms with Gasteiger partial charge in [0, 0.05) is 30.3 Å². The minimum absolute atomic E-state index is 0.0604. The molecule has 1 aliphatic heterocycles. The fraction of sp³-hybridized carbons (Fsp3) is 0.471. The molecule has 1 aromatic carbocycles. The van der Waals surface area contributed by atoms with Gasteiger partial charge in [-0.25, -0.2) is 0 Å². The number of non-ortho nitro benzene ring substituents is 1. The Morgan fingerprint density at radius 3 is 2.81 bits per heavy atom. The van der Waals surface area contributed by atoms with Crippen LogP contribution < -0.4 is 5.32 Å². The Hall–Kier alpha value is -2.97. The van der Waals surface area contributed by atoms with Gasteiger partial charge in [-0.2, -0.15) is 0 Å². The lowest BCUT2D eigenvalue weighted by molar-refractivity contribution is -0.384. The molecule has 2 amide bonds. The lowest BCUT2D eigenvalue weighted by Crippen LogP contribution is -2.44. The Morgan fingerprint density at radius 1 is 1.35 bits per heavy atom. The second kappa shape index (κ2) is 8.93. The van der Waals surface area contributed by atoms with Crippen LogP contribution in [-0.4, -0.2) is 53.3 Å². The lowest BCUT2D eigenvalue weighted by atomic mass is 10.0. The fourth-order valence-electron chi connectivity index (χ4n) is 2.76. The van der Waals surface area contributed by atoms with Crippen LogP contribution in [0.2, 0.25) is 0 Å². The van der Waals surface area contributed by atoms with E-state index in [-0.39, 0.29) is 29.8 Å². The van der Waals surface area contributed by atoms with Crippen LogP contribution in [0.25, 0.3) is 0 Å². The van der Waals surface area contributed by atoms with Crippen LogP contribution in [0.5, 0.6) is 0 Å². The number of esters is 1. The molecule has 1 aliphatic rings. The van der Waals surface area contributed by atoms with Gasteiger partial charge in [-0.1, -0.05) is 6.07 Å². The molecule has 1 unspecified atom stereocenters. The van der Waals surface area contributed by atoms with E-state index in [1.165, 1.54) is 18.2 Å². The fourth-order valence-corrected chi connectivity index (χ4v) is 2.76. The molecule has 1 N–H and O–H groups in total. The van der Waals surface area contributed by atoms with Crippen molar-refractivity contribution in [3.8, 4) is 0 Å². The number of nitrogens with one attached hydrogen (secondary N) is 1. The molecule has 0 spiro atoms. The minimum atomic E-state index is -0.748. The van der Waals surface area contributed by atoms with E-state index in [4.69, 9.17) is 4.74 Å². The molecule has 0 saturated carbocycles. The Morgan fingerprint density at radius 2 is 2.12 bits per heavy atom. The average molecular weight is 363 g/mol. The summed E-state index contributed by atoms with van der Waals surface area (Å²) in [7, 11) is 0. The normalized spacial score (nSPS) is 16.7. The van der Waals surface area contributed by atoms with E-state index in [0.717, 1.165) is 25.3 Å². The number of carbonyl (C=O) groups excluding carboxylic acids is 3. The van der Waals surface area contributed by atoms with E-state index in [9.17, 15) is 24.5 Å². The van der Waals surface area contributed by atoms with Crippen molar-refractivity contribution in [2.45, 2.75) is 32.2 Å². The summed E-state index contributed by atoms with van der Waals surface area (Å²) in [5.74, 6) is -1.64. The van der Waals surface area contributed by atoms with Crippen molar-refractivity contribution in [2.75, 3.05) is 19.7 Å². The number of hydrogen-bond acceptors (Lipinski definition) is 6. The summed E-state index contributed by atoms with van der Waals surface area (Å²) < 4.78 is 4.90. The third-order valence-electron chi connectivity index (χ3n) is 4.19. The SMILES string of the molecule is CC1CCCCN1C(=O)COC(=O)CNC(=O)c1cccc([N+](=O)[O-])c1. The summed E-state index contributed by atoms with van der Waals surface area (Å²) in [5.41, 5.74) is -0.160. The molecular formula is C17H21N3O6. The molecule has 26 heavy (non-hydrogen) atoms. The van der Waals surface area contributed by atoms with Crippen LogP contribution in [0.15, 0.2) is 24.3 Å². The predicted molar refractivity (Wildman–Crippen MR) is 91.4 cm³/mol. The van der Waals surface area contributed by atoms with Crippen molar-refractivity contribution in [1.82, 2.24) is 10.2 Å². The quantitative estimate of drug-likeness (QED) is 0.462. The van der Waals surface area contributed by atoms with E-state index >= 15 is 0 Å². The largest absolute Gasteiger partial charge is 0.454 e. The van der Waals surface area contributed by atoms with Gasteiger partial charge in [0.05, 0.1) is 4.92 Å². The van der Waals surface area contributed by atoms with Crippen LogP contribution in [0.1, 0.15) is 36.5 Å². The van der Waals surface area contributed by atoms with Crippen LogP contribution >= 0.6 is 0 Å². The van der Waals surface area contributed by atoms with Crippen molar-refractivity contribution in [3.05, 3.63) is 39.9 Å². The van der Waals surface area contributed by atoms with Gasteiger partial charge in [0.2, 0.25) is 0 Å². The molecule has 1 fully saturated rings. The summed E-state index contributed by atoms with van der Waals surface area (Å²) in [5, 5.41) is 13.0. The third kappa shape index (κ3) is 5.27. The van der Waals surface area contributed by atoms with Crippen molar-refractivity contribution in [2.24, 2.45) is 0 Å². The monoisotopic (exact) mass is 363 g/mol. The summed E-state index contributed by atoms with van der Waals surface area (Å²) in [6.07, 6.45) is 2.94. The van der Waals surface area contributed by atoms with Gasteiger partial charge < -0.3 is 15.0 Å². The number of piperidine rings is 1. The van der Waals surface area contributed by atoms with E-state index in [1.807, 2.05) is 6.92 Å². The Labute approximate surface area is 150 Å². The Balaban J connectivity index is 1.77. The molecule has 0 bridgehead atoms. The molecular weight excluding hydrogens is 342 g/mol. The number of likely N-dealkylation sites (tertiary alicyclic amines) is 1. The molecule has 9 heteroatoms. The molecule has 9 nitrogen and oxygen atoms in total. The molecule has 0 radical (unpaired) electrons. The second-order valence-corrected chi connectivity index (χ2v) is 6.08. The Kier molecular flexibility index (Phi) is 6.65. The summed E-state index contributed by atoms with van der Waals surface area (Å²) in [6.45, 7) is 1.82. The van der Waals surface area contributed by atoms with Gasteiger partial charge in [0.15, 0.2) is 6.61 Å². The number of hydrogen-bond donors (Lipinski definition) is 1. The summed E-state index contributed by atoms with van der Waals surface area (Å²) in [4.78, 5) is 47.5. The molecule has 1 atom stereocenters. The van der Waals surface area contributed by atoms with Gasteiger partial charge in [0.25, 0.3) is 17.5 Å². The van der Waals surface area contributed by atoms with Crippen molar-refractivity contribution >= 4 is 23.5 Å². The standard InChI is InChI=1S/C17H21N3O6/c1-12-5-2-3-8-19(12)15(21)11-26-16(22)10-18-17(23)13-6-4-7-14(9-13)20(24)25/h4,6-7,9,12H,2-3,5,8,10-11H2,1H3,(H,18,23). The zero-order chi connectivity index (χ0) is 19.1. The number of carbonyl (C=O) groups is 3. The number of nitrogens with zero attached hydrogens (tertiary/aromatic N) is 2. The first-order valence-electron chi connectivity index (χ1n) is 8.36. The van der Waals surface area contributed by atoms with E-state index in [1.54, 1.807) is 4.90 Å². The number of nitro benzene ring substituents is 1. The van der Waals surface area contributed by atoms with Crippen LogP contribution in [0, 0.1) is 10.1 Å². The zero-order valence-electron chi connectivity index (χ0n) is 14.5. The number of benzene rings is 1. The maximum atomic E-state index is 12.1. The summed E-state index contributed by atoms with van der Waals surface area (Å²) in [6, 6.07) is 5.28. The zero-order valence-corrected chi connectivity index (χ0v) is 14.5. The van der Waals surface area contributed by atoms with Crippen LogP contribution in [0.3, 0.4) is 0 Å². The van der Waals surface area contributed by atoms with Crippen molar-refractivity contribution in [1.29, 1.82) is 0 Å². The van der Waals surface area contributed by atoms with E-state index in [2.05, 4.69) is 5.32 Å². The number of ether oxygens (including phenoxy) is 1. The van der Waals surface area contributed by atoms with Gasteiger partial charge in [-0.15, -0.1) is 0 Å². The molecule has 0 aliphatic carbocycles. The molecule has 2 rings (SSSR count). The number of nitro groups is 1. The van der Waals surface area contributed by atoms with Crippen LogP contribution in [-0.2, 0) is 14.3 Å². The number of rotatable bonds is 6. The average Bonchev–Trinajstić information content (AvgIpc) is 2.64. The molecule has 0 aromatic heterocycles. The van der Waals surface area contributed by atoms with Gasteiger partial charge in [-0.3, -0.25) is 24.5 Å². The highest BCUT2D eigenvalue weighted by atomic mass is 16.6. The second-order valence-electron chi connectivity index (χ2n) is 6.08. The molecule has 140 valence electrons. The van der Waals surface area contributed by atoms with Gasteiger partial charge in [0.1, 0.15) is 6.54 Å². The third-order valence-corrected chi connectivity index (χ3v) is 4.19. The first-order chi connectivity index (χ1) is 12.4. The van der Waals surface area contributed by atoms with Crippen molar-refractivity contribution in [3.63, 3.8) is 0 Å². The lowest BCUT2D eigenvalue weighted by Gasteiger charge is -2.33. The van der Waals surface area contributed by atoms with E-state index in [0.29, 0.717) is 6.54 Å². The first kappa shape index (κ1) is 19.4. The van der Waals surface area contributed by atoms with Crippen molar-refractivity contribution < 1.29 is 24.0 Å².